The molecule has 0 bridgehead atoms. The van der Waals surface area contributed by atoms with E-state index in [-0.39, 0.29) is 18.1 Å². The van der Waals surface area contributed by atoms with Gasteiger partial charge < -0.3 is 15.8 Å². The first kappa shape index (κ1) is 15.7. The maximum atomic E-state index is 12.0. The van der Waals surface area contributed by atoms with Crippen molar-refractivity contribution in [3.63, 3.8) is 0 Å². The van der Waals surface area contributed by atoms with E-state index < -0.39 is 0 Å². The Kier molecular flexibility index (Phi) is 7.15. The van der Waals surface area contributed by atoms with Gasteiger partial charge in [-0.05, 0) is 12.0 Å². The molecule has 1 aromatic carbocycles. The maximum absolute atomic E-state index is 12.0. The van der Waals surface area contributed by atoms with Crippen molar-refractivity contribution in [2.45, 2.75) is 38.3 Å². The first-order chi connectivity index (χ1) is 9.21. The van der Waals surface area contributed by atoms with Crippen LogP contribution in [-0.4, -0.2) is 25.7 Å². The van der Waals surface area contributed by atoms with Crippen LogP contribution in [0.3, 0.4) is 0 Å². The van der Waals surface area contributed by atoms with E-state index in [0.29, 0.717) is 13.0 Å². The van der Waals surface area contributed by atoms with Crippen molar-refractivity contribution in [1.82, 2.24) is 5.32 Å². The molecule has 19 heavy (non-hydrogen) atoms. The van der Waals surface area contributed by atoms with E-state index in [0.717, 1.165) is 18.4 Å². The van der Waals surface area contributed by atoms with Crippen LogP contribution in [0.1, 0.15) is 37.8 Å². The van der Waals surface area contributed by atoms with Crippen LogP contribution in [0.5, 0.6) is 0 Å². The SMILES string of the molecule is CCCC(NC(=O)CC(CN)OC)c1ccccc1. The second-order valence-corrected chi connectivity index (χ2v) is 4.62. The summed E-state index contributed by atoms with van der Waals surface area (Å²) in [6, 6.07) is 10.1. The summed E-state index contributed by atoms with van der Waals surface area (Å²) in [6.45, 7) is 2.47. The zero-order valence-electron chi connectivity index (χ0n) is 11.8. The molecule has 1 aromatic rings. The molecule has 2 unspecified atom stereocenters. The zero-order valence-corrected chi connectivity index (χ0v) is 11.8. The zero-order chi connectivity index (χ0) is 14.1. The lowest BCUT2D eigenvalue weighted by Crippen LogP contribution is -2.34. The Morgan fingerprint density at radius 3 is 2.58 bits per heavy atom. The highest BCUT2D eigenvalue weighted by Crippen LogP contribution is 2.18. The number of ether oxygens (including phenoxy) is 1. The third kappa shape index (κ3) is 5.41. The molecule has 0 aliphatic rings. The molecule has 0 aliphatic carbocycles. The van der Waals surface area contributed by atoms with Crippen molar-refractivity contribution >= 4 is 5.91 Å². The van der Waals surface area contributed by atoms with Gasteiger partial charge in [0, 0.05) is 13.7 Å². The van der Waals surface area contributed by atoms with Crippen LogP contribution in [0.4, 0.5) is 0 Å². The standard InChI is InChI=1S/C15H24N2O2/c1-3-7-14(12-8-5-4-6-9-12)17-15(18)10-13(11-16)19-2/h4-6,8-9,13-14H,3,7,10-11,16H2,1-2H3,(H,17,18). The van der Waals surface area contributed by atoms with Crippen LogP contribution in [0.15, 0.2) is 30.3 Å². The van der Waals surface area contributed by atoms with Crippen LogP contribution in [0.2, 0.25) is 0 Å². The predicted molar refractivity (Wildman–Crippen MR) is 76.7 cm³/mol. The normalized spacial score (nSPS) is 13.8. The third-order valence-corrected chi connectivity index (χ3v) is 3.12. The minimum absolute atomic E-state index is 0.0143. The van der Waals surface area contributed by atoms with Gasteiger partial charge in [0.1, 0.15) is 0 Å². The summed E-state index contributed by atoms with van der Waals surface area (Å²) < 4.78 is 5.13. The summed E-state index contributed by atoms with van der Waals surface area (Å²) in [5.41, 5.74) is 6.67. The lowest BCUT2D eigenvalue weighted by molar-refractivity contribution is -0.124. The van der Waals surface area contributed by atoms with E-state index in [1.165, 1.54) is 0 Å². The largest absolute Gasteiger partial charge is 0.380 e. The van der Waals surface area contributed by atoms with Gasteiger partial charge >= 0.3 is 0 Å². The molecular formula is C15H24N2O2. The van der Waals surface area contributed by atoms with E-state index >= 15 is 0 Å². The minimum Gasteiger partial charge on any atom is -0.380 e. The maximum Gasteiger partial charge on any atom is 0.223 e. The van der Waals surface area contributed by atoms with Gasteiger partial charge in [-0.1, -0.05) is 43.7 Å². The quantitative estimate of drug-likeness (QED) is 0.755. The fourth-order valence-corrected chi connectivity index (χ4v) is 2.02. The number of carbonyl (C=O) groups is 1. The number of benzene rings is 1. The third-order valence-electron chi connectivity index (χ3n) is 3.12. The summed E-state index contributed by atoms with van der Waals surface area (Å²) in [7, 11) is 1.57. The Labute approximate surface area is 115 Å². The number of amides is 1. The fourth-order valence-electron chi connectivity index (χ4n) is 2.02. The van der Waals surface area contributed by atoms with Crippen molar-refractivity contribution in [2.75, 3.05) is 13.7 Å². The summed E-state index contributed by atoms with van der Waals surface area (Å²) >= 11 is 0. The second-order valence-electron chi connectivity index (χ2n) is 4.62. The second kappa shape index (κ2) is 8.67. The van der Waals surface area contributed by atoms with Gasteiger partial charge in [-0.15, -0.1) is 0 Å². The van der Waals surface area contributed by atoms with Crippen LogP contribution < -0.4 is 11.1 Å². The molecule has 0 heterocycles. The van der Waals surface area contributed by atoms with Gasteiger partial charge in [0.25, 0.3) is 0 Å². The molecule has 0 saturated heterocycles. The lowest BCUT2D eigenvalue weighted by Gasteiger charge is -2.20. The molecule has 0 radical (unpaired) electrons. The topological polar surface area (TPSA) is 64.4 Å². The molecule has 4 heteroatoms. The summed E-state index contributed by atoms with van der Waals surface area (Å²) in [5.74, 6) is -0.0143. The van der Waals surface area contributed by atoms with Crippen molar-refractivity contribution in [2.24, 2.45) is 5.73 Å². The molecular weight excluding hydrogens is 240 g/mol. The molecule has 0 aliphatic heterocycles. The first-order valence-electron chi connectivity index (χ1n) is 6.78. The minimum atomic E-state index is -0.210. The van der Waals surface area contributed by atoms with Crippen LogP contribution >= 0.6 is 0 Å². The first-order valence-corrected chi connectivity index (χ1v) is 6.78. The smallest absolute Gasteiger partial charge is 0.223 e. The molecule has 4 nitrogen and oxygen atoms in total. The molecule has 0 fully saturated rings. The van der Waals surface area contributed by atoms with Gasteiger partial charge in [-0.2, -0.15) is 0 Å². The van der Waals surface area contributed by atoms with E-state index in [1.807, 2.05) is 30.3 Å². The molecule has 3 N–H and O–H groups in total. The number of nitrogens with two attached hydrogens (primary N) is 1. The van der Waals surface area contributed by atoms with Gasteiger partial charge in [0.05, 0.1) is 18.6 Å². The van der Waals surface area contributed by atoms with Crippen LogP contribution in [-0.2, 0) is 9.53 Å². The monoisotopic (exact) mass is 264 g/mol. The molecule has 106 valence electrons. The van der Waals surface area contributed by atoms with E-state index in [2.05, 4.69) is 12.2 Å². The van der Waals surface area contributed by atoms with Crippen molar-refractivity contribution in [3.8, 4) is 0 Å². The summed E-state index contributed by atoms with van der Waals surface area (Å²) in [4.78, 5) is 12.0. The Hall–Kier alpha value is -1.39. The van der Waals surface area contributed by atoms with Gasteiger partial charge in [-0.3, -0.25) is 4.79 Å². The average Bonchev–Trinajstić information content (AvgIpc) is 2.45. The van der Waals surface area contributed by atoms with Crippen LogP contribution in [0.25, 0.3) is 0 Å². The number of carbonyl (C=O) groups excluding carboxylic acids is 1. The number of methoxy groups -OCH3 is 1. The van der Waals surface area contributed by atoms with Gasteiger partial charge in [-0.25, -0.2) is 0 Å². The summed E-state index contributed by atoms with van der Waals surface area (Å²) in [6.07, 6.45) is 2.04. The van der Waals surface area contributed by atoms with E-state index in [4.69, 9.17) is 10.5 Å². The summed E-state index contributed by atoms with van der Waals surface area (Å²) in [5, 5.41) is 3.06. The predicted octanol–water partition coefficient (Wildman–Crippen LogP) is 2.01. The highest BCUT2D eigenvalue weighted by Gasteiger charge is 2.16. The van der Waals surface area contributed by atoms with Crippen molar-refractivity contribution < 1.29 is 9.53 Å². The Bertz CT molecular complexity index is 364. The lowest BCUT2D eigenvalue weighted by atomic mass is 10.0. The average molecular weight is 264 g/mol. The van der Waals surface area contributed by atoms with Gasteiger partial charge in [0.15, 0.2) is 0 Å². The van der Waals surface area contributed by atoms with Gasteiger partial charge in [0.2, 0.25) is 5.91 Å². The number of rotatable bonds is 8. The van der Waals surface area contributed by atoms with E-state index in [1.54, 1.807) is 7.11 Å². The van der Waals surface area contributed by atoms with E-state index in [9.17, 15) is 4.79 Å². The van der Waals surface area contributed by atoms with Crippen LogP contribution in [0, 0.1) is 0 Å². The highest BCUT2D eigenvalue weighted by molar-refractivity contribution is 5.77. The molecule has 0 spiro atoms. The number of hydrogen-bond donors (Lipinski definition) is 2. The Balaban J connectivity index is 2.61. The molecule has 2 atom stereocenters. The fraction of sp³-hybridized carbons (Fsp3) is 0.533. The Morgan fingerprint density at radius 1 is 1.37 bits per heavy atom. The van der Waals surface area contributed by atoms with Crippen molar-refractivity contribution in [1.29, 1.82) is 0 Å². The molecule has 1 rings (SSSR count). The van der Waals surface area contributed by atoms with Crippen molar-refractivity contribution in [3.05, 3.63) is 35.9 Å². The highest BCUT2D eigenvalue weighted by atomic mass is 16.5. The molecule has 0 saturated carbocycles. The number of nitrogens with one attached hydrogen (secondary N) is 1. The Morgan fingerprint density at radius 2 is 2.05 bits per heavy atom. The number of hydrogen-bond acceptors (Lipinski definition) is 3. The molecule has 1 amide bonds. The molecule has 0 aromatic heterocycles.